The minimum atomic E-state index is -1.17. The Hall–Kier alpha value is -3.33. The number of nitrogens with zero attached hydrogens (tertiary/aromatic N) is 1. The van der Waals surface area contributed by atoms with Gasteiger partial charge in [0, 0.05) is 33.7 Å². The Kier molecular flexibility index (Phi) is 4.75. The molecule has 1 aromatic heterocycles. The quantitative estimate of drug-likeness (QED) is 0.452. The molecule has 4 rings (SSSR count). The summed E-state index contributed by atoms with van der Waals surface area (Å²) in [6.45, 7) is 1.64. The van der Waals surface area contributed by atoms with E-state index in [0.717, 1.165) is 20.9 Å². The van der Waals surface area contributed by atoms with Gasteiger partial charge in [0.25, 0.3) is 5.91 Å². The van der Waals surface area contributed by atoms with Crippen LogP contribution >= 0.6 is 15.9 Å². The van der Waals surface area contributed by atoms with E-state index in [1.165, 1.54) is 0 Å². The number of hydrogen-bond donors (Lipinski definition) is 4. The van der Waals surface area contributed by atoms with Crippen molar-refractivity contribution in [3.05, 3.63) is 64.8 Å². The number of aromatic nitrogens is 1. The average molecular weight is 456 g/mol. The minimum Gasteiger partial charge on any atom is -0.361 e. The maximum atomic E-state index is 12.9. The Bertz CT molecular complexity index is 1110. The number of H-pyrrole nitrogens is 1. The highest BCUT2D eigenvalue weighted by atomic mass is 79.9. The first kappa shape index (κ1) is 19.0. The highest BCUT2D eigenvalue weighted by Gasteiger charge is 2.49. The number of nitrogens with one attached hydrogen (secondary N) is 4. The van der Waals surface area contributed by atoms with Crippen LogP contribution in [0.2, 0.25) is 0 Å². The normalized spacial score (nSPS) is 18.8. The van der Waals surface area contributed by atoms with Gasteiger partial charge in [-0.2, -0.15) is 5.01 Å². The lowest BCUT2D eigenvalue weighted by Gasteiger charge is -2.21. The van der Waals surface area contributed by atoms with Crippen molar-refractivity contribution in [3.8, 4) is 0 Å². The molecule has 2 aromatic carbocycles. The third-order valence-corrected chi connectivity index (χ3v) is 5.32. The molecule has 1 atom stereocenters. The van der Waals surface area contributed by atoms with E-state index in [-0.39, 0.29) is 6.42 Å². The predicted molar refractivity (Wildman–Crippen MR) is 112 cm³/mol. The minimum absolute atomic E-state index is 0.286. The third kappa shape index (κ3) is 3.68. The summed E-state index contributed by atoms with van der Waals surface area (Å²) in [6.07, 6.45) is 2.11. The van der Waals surface area contributed by atoms with Crippen LogP contribution in [-0.2, 0) is 11.2 Å². The van der Waals surface area contributed by atoms with E-state index in [1.54, 1.807) is 31.2 Å². The smallest absolute Gasteiger partial charge is 0.344 e. The van der Waals surface area contributed by atoms with Gasteiger partial charge < -0.3 is 15.6 Å². The molecule has 1 fully saturated rings. The van der Waals surface area contributed by atoms with Crippen LogP contribution in [0.3, 0.4) is 0 Å². The van der Waals surface area contributed by atoms with Crippen LogP contribution < -0.4 is 16.1 Å². The second-order valence-electron chi connectivity index (χ2n) is 7.01. The molecule has 1 unspecified atom stereocenters. The van der Waals surface area contributed by atoms with Gasteiger partial charge in [0.2, 0.25) is 0 Å². The number of halogens is 1. The number of rotatable bonds is 4. The molecule has 148 valence electrons. The fourth-order valence-electron chi connectivity index (χ4n) is 3.36. The summed E-state index contributed by atoms with van der Waals surface area (Å²) in [5, 5.41) is 6.96. The molecule has 1 saturated heterocycles. The van der Waals surface area contributed by atoms with Gasteiger partial charge in [-0.3, -0.25) is 4.79 Å². The van der Waals surface area contributed by atoms with E-state index in [1.807, 2.05) is 30.5 Å². The molecule has 9 heteroatoms. The fourth-order valence-corrected chi connectivity index (χ4v) is 3.62. The van der Waals surface area contributed by atoms with Crippen molar-refractivity contribution < 1.29 is 14.4 Å². The molecule has 1 aliphatic rings. The first-order valence-electron chi connectivity index (χ1n) is 8.91. The largest absolute Gasteiger partial charge is 0.361 e. The van der Waals surface area contributed by atoms with Crippen molar-refractivity contribution in [2.75, 3.05) is 5.32 Å². The zero-order chi connectivity index (χ0) is 20.6. The number of hydrazine groups is 1. The Morgan fingerprint density at radius 3 is 2.62 bits per heavy atom. The average Bonchev–Trinajstić information content (AvgIpc) is 3.18. The van der Waals surface area contributed by atoms with E-state index in [9.17, 15) is 14.4 Å². The van der Waals surface area contributed by atoms with Gasteiger partial charge in [-0.1, -0.05) is 34.1 Å². The maximum absolute atomic E-state index is 12.9. The van der Waals surface area contributed by atoms with Crippen LogP contribution in [0.4, 0.5) is 15.3 Å². The fraction of sp³-hybridized carbons (Fsp3) is 0.150. The number of hydrogen-bond acceptors (Lipinski definition) is 3. The predicted octanol–water partition coefficient (Wildman–Crippen LogP) is 3.52. The van der Waals surface area contributed by atoms with Gasteiger partial charge in [-0.25, -0.2) is 15.0 Å². The Labute approximate surface area is 174 Å². The van der Waals surface area contributed by atoms with Crippen LogP contribution in [0.25, 0.3) is 10.9 Å². The molecular weight excluding hydrogens is 438 g/mol. The summed E-state index contributed by atoms with van der Waals surface area (Å²) in [5.74, 6) is -0.529. The molecule has 0 bridgehead atoms. The highest BCUT2D eigenvalue weighted by molar-refractivity contribution is 9.10. The van der Waals surface area contributed by atoms with Crippen LogP contribution in [0.1, 0.15) is 12.5 Å². The number of carbonyl (C=O) groups excluding carboxylic acids is 3. The molecule has 1 aliphatic heterocycles. The molecule has 29 heavy (non-hydrogen) atoms. The summed E-state index contributed by atoms with van der Waals surface area (Å²) >= 11 is 3.31. The topological polar surface area (TPSA) is 106 Å². The van der Waals surface area contributed by atoms with E-state index in [0.29, 0.717) is 10.7 Å². The van der Waals surface area contributed by atoms with Gasteiger partial charge in [0.15, 0.2) is 0 Å². The molecule has 3 aromatic rings. The number of benzene rings is 2. The van der Waals surface area contributed by atoms with E-state index < -0.39 is 23.5 Å². The lowest BCUT2D eigenvalue weighted by Crippen LogP contribution is -2.50. The van der Waals surface area contributed by atoms with Gasteiger partial charge in [0.1, 0.15) is 5.54 Å². The first-order valence-corrected chi connectivity index (χ1v) is 9.70. The van der Waals surface area contributed by atoms with Crippen molar-refractivity contribution >= 4 is 50.5 Å². The third-order valence-electron chi connectivity index (χ3n) is 4.80. The molecule has 4 N–H and O–H groups in total. The number of para-hydroxylation sites is 1. The van der Waals surface area contributed by atoms with Gasteiger partial charge in [-0.05, 0) is 42.8 Å². The summed E-state index contributed by atoms with van der Waals surface area (Å²) in [6, 6.07) is 13.3. The number of fused-ring (bicyclic) bond motifs is 1. The molecule has 0 aliphatic carbocycles. The maximum Gasteiger partial charge on any atom is 0.344 e. The summed E-state index contributed by atoms with van der Waals surface area (Å²) in [7, 11) is 0. The number of anilines is 1. The highest BCUT2D eigenvalue weighted by Crippen LogP contribution is 2.26. The molecule has 2 heterocycles. The van der Waals surface area contributed by atoms with Crippen molar-refractivity contribution in [1.82, 2.24) is 20.7 Å². The Morgan fingerprint density at radius 2 is 1.86 bits per heavy atom. The van der Waals surface area contributed by atoms with Crippen LogP contribution in [0.15, 0.2) is 59.2 Å². The number of aromatic amines is 1. The van der Waals surface area contributed by atoms with Crippen LogP contribution in [0.5, 0.6) is 0 Å². The van der Waals surface area contributed by atoms with Crippen molar-refractivity contribution in [3.63, 3.8) is 0 Å². The van der Waals surface area contributed by atoms with Crippen molar-refractivity contribution in [2.24, 2.45) is 0 Å². The lowest BCUT2D eigenvalue weighted by molar-refractivity contribution is -0.132. The second kappa shape index (κ2) is 7.25. The van der Waals surface area contributed by atoms with E-state index >= 15 is 0 Å². The lowest BCUT2D eigenvalue weighted by atomic mass is 9.93. The number of imide groups is 1. The summed E-state index contributed by atoms with van der Waals surface area (Å²) in [5.41, 5.74) is 3.52. The van der Waals surface area contributed by atoms with Gasteiger partial charge >= 0.3 is 12.1 Å². The Morgan fingerprint density at radius 1 is 1.14 bits per heavy atom. The zero-order valence-corrected chi connectivity index (χ0v) is 17.0. The number of urea groups is 2. The first-order chi connectivity index (χ1) is 13.9. The van der Waals surface area contributed by atoms with Crippen molar-refractivity contribution in [2.45, 2.75) is 18.9 Å². The SMILES string of the molecule is CC1(Cc2c[nH]c3ccccc23)NC(=O)N(NC(=O)Nc2ccc(Br)cc2)C1=O. The standard InChI is InChI=1S/C20H18BrN5O3/c1-20(10-12-11-22-16-5-3-2-4-15(12)16)17(27)26(19(29)24-20)25-18(28)23-14-8-6-13(21)7-9-14/h2-9,11,22H,10H2,1H3,(H,24,29)(H2,23,25,28). The monoisotopic (exact) mass is 455 g/mol. The summed E-state index contributed by atoms with van der Waals surface area (Å²) in [4.78, 5) is 40.7. The van der Waals surface area contributed by atoms with E-state index in [4.69, 9.17) is 0 Å². The molecule has 0 radical (unpaired) electrons. The molecular formula is C20H18BrN5O3. The molecule has 5 amide bonds. The van der Waals surface area contributed by atoms with E-state index in [2.05, 4.69) is 37.0 Å². The molecule has 0 spiro atoms. The van der Waals surface area contributed by atoms with Crippen molar-refractivity contribution in [1.29, 1.82) is 0 Å². The molecule has 0 saturated carbocycles. The van der Waals surface area contributed by atoms with Gasteiger partial charge in [-0.15, -0.1) is 0 Å². The zero-order valence-electron chi connectivity index (χ0n) is 15.5. The second-order valence-corrected chi connectivity index (χ2v) is 7.93. The number of amides is 5. The van der Waals surface area contributed by atoms with Crippen LogP contribution in [-0.4, -0.2) is 33.5 Å². The number of carbonyl (C=O) groups is 3. The van der Waals surface area contributed by atoms with Crippen LogP contribution in [0, 0.1) is 0 Å². The summed E-state index contributed by atoms with van der Waals surface area (Å²) < 4.78 is 0.866. The van der Waals surface area contributed by atoms with Gasteiger partial charge in [0.05, 0.1) is 0 Å². The molecule has 8 nitrogen and oxygen atoms in total. The Balaban J connectivity index is 1.47.